The fourth-order valence-corrected chi connectivity index (χ4v) is 5.03. The molecule has 0 amide bonds. The number of hydrogen-bond donors (Lipinski definition) is 1. The largest absolute Gasteiger partial charge is 0.480 e. The summed E-state index contributed by atoms with van der Waals surface area (Å²) in [6.07, 6.45) is -2.42. The zero-order chi connectivity index (χ0) is 25.6. The van der Waals surface area contributed by atoms with Gasteiger partial charge in [-0.05, 0) is 17.5 Å². The monoisotopic (exact) mass is 543 g/mol. The maximum absolute atomic E-state index is 13.6. The minimum absolute atomic E-state index is 0.0134. The smallest absolute Gasteiger partial charge is 0.326 e. The molecule has 0 aromatic carbocycles. The summed E-state index contributed by atoms with van der Waals surface area (Å²) in [5, 5.41) is 11.8. The number of alkyl halides is 4. The first-order valence-corrected chi connectivity index (χ1v) is 12.0. The third-order valence-corrected chi connectivity index (χ3v) is 6.90. The molecule has 2 atom stereocenters. The molecule has 2 aliphatic rings. The van der Waals surface area contributed by atoms with Crippen LogP contribution in [0.3, 0.4) is 0 Å². The van der Waals surface area contributed by atoms with Gasteiger partial charge in [0.15, 0.2) is 5.82 Å². The van der Waals surface area contributed by atoms with E-state index in [1.807, 2.05) is 0 Å². The fourth-order valence-electron chi connectivity index (χ4n) is 4.19. The number of carboxylic acids is 1. The van der Waals surface area contributed by atoms with E-state index in [1.54, 1.807) is 17.5 Å². The van der Waals surface area contributed by atoms with E-state index in [0.717, 1.165) is 0 Å². The molecule has 0 saturated carbocycles. The molecule has 0 unspecified atom stereocenters. The minimum Gasteiger partial charge on any atom is -0.480 e. The third-order valence-electron chi connectivity index (χ3n) is 5.80. The van der Waals surface area contributed by atoms with E-state index in [0.29, 0.717) is 4.88 Å². The van der Waals surface area contributed by atoms with Crippen LogP contribution in [0.25, 0.3) is 10.6 Å². The molecule has 2 saturated heterocycles. The summed E-state index contributed by atoms with van der Waals surface area (Å²) in [5.74, 6) is -4.70. The molecule has 0 radical (unpaired) electrons. The normalized spacial score (nSPS) is 21.1. The van der Waals surface area contributed by atoms with Crippen molar-refractivity contribution in [1.29, 1.82) is 0 Å². The van der Waals surface area contributed by atoms with Crippen molar-refractivity contribution in [3.8, 4) is 16.5 Å². The molecule has 0 aliphatic carbocycles. The lowest BCUT2D eigenvalue weighted by Crippen LogP contribution is -2.56. The quantitative estimate of drug-likeness (QED) is 0.427. The van der Waals surface area contributed by atoms with Crippen molar-refractivity contribution in [2.24, 2.45) is 0 Å². The summed E-state index contributed by atoms with van der Waals surface area (Å²) in [6.45, 7) is -1.06. The number of carbonyl (C=O) groups is 1. The molecule has 1 N–H and O–H groups in total. The molecule has 2 fully saturated rings. The highest BCUT2D eigenvalue weighted by molar-refractivity contribution is 7.13. The number of anilines is 2. The molecule has 2 aliphatic heterocycles. The van der Waals surface area contributed by atoms with Gasteiger partial charge < -0.3 is 19.6 Å². The molecule has 3 aromatic heterocycles. The Labute approximate surface area is 211 Å². The van der Waals surface area contributed by atoms with Gasteiger partial charge in [0.05, 0.1) is 35.2 Å². The number of carboxylic acid groups (broad SMARTS) is 1. The summed E-state index contributed by atoms with van der Waals surface area (Å²) in [7, 11) is 0. The van der Waals surface area contributed by atoms with Crippen molar-refractivity contribution in [2.75, 3.05) is 29.4 Å². The number of hydrogen-bond acceptors (Lipinski definition) is 8. The van der Waals surface area contributed by atoms with E-state index in [4.69, 9.17) is 16.3 Å². The zero-order valence-corrected chi connectivity index (χ0v) is 19.9. The molecular weight excluding hydrogens is 526 g/mol. The molecular formula is C22H18ClF4N5O3S. The van der Waals surface area contributed by atoms with Gasteiger partial charge in [-0.3, -0.25) is 0 Å². The molecule has 8 nitrogen and oxygen atoms in total. The molecule has 190 valence electrons. The number of aliphatic carboxylic acids is 1. The Bertz CT molecular complexity index is 1270. The first kappa shape index (κ1) is 24.5. The number of rotatable bonds is 7. The molecule has 36 heavy (non-hydrogen) atoms. The van der Waals surface area contributed by atoms with Crippen molar-refractivity contribution in [1.82, 2.24) is 15.0 Å². The SMILES string of the molecule is O=C(O)[C@@H]1C[C@H](Oc2ncc(Cl)cc2N2CC(F)(F)C2)CN1c1cc(-c2cccs2)nc(C(F)F)n1. The Balaban J connectivity index is 1.43. The second-order valence-corrected chi connectivity index (χ2v) is 9.80. The van der Waals surface area contributed by atoms with E-state index in [2.05, 4.69) is 15.0 Å². The summed E-state index contributed by atoms with van der Waals surface area (Å²) in [4.78, 5) is 27.4. The van der Waals surface area contributed by atoms with E-state index in [1.165, 1.54) is 39.5 Å². The van der Waals surface area contributed by atoms with Gasteiger partial charge in [-0.15, -0.1) is 11.3 Å². The Kier molecular flexibility index (Phi) is 6.37. The molecule has 0 bridgehead atoms. The highest BCUT2D eigenvalue weighted by atomic mass is 35.5. The van der Waals surface area contributed by atoms with Crippen LogP contribution < -0.4 is 14.5 Å². The predicted molar refractivity (Wildman–Crippen MR) is 125 cm³/mol. The third kappa shape index (κ3) is 4.89. The molecule has 0 spiro atoms. The number of pyridine rings is 1. The lowest BCUT2D eigenvalue weighted by molar-refractivity contribution is -0.138. The Morgan fingerprint density at radius 2 is 2.06 bits per heavy atom. The molecule has 3 aromatic rings. The van der Waals surface area contributed by atoms with Gasteiger partial charge in [0.1, 0.15) is 23.7 Å². The van der Waals surface area contributed by atoms with Crippen LogP contribution in [0.2, 0.25) is 5.02 Å². The Hall–Kier alpha value is -3.19. The van der Waals surface area contributed by atoms with Gasteiger partial charge in [0.25, 0.3) is 12.3 Å². The van der Waals surface area contributed by atoms with Crippen molar-refractivity contribution >= 4 is 40.4 Å². The fraction of sp³-hybridized carbons (Fsp3) is 0.364. The number of thiophene rings is 1. The van der Waals surface area contributed by atoms with Gasteiger partial charge >= 0.3 is 5.97 Å². The van der Waals surface area contributed by atoms with Gasteiger partial charge in [-0.25, -0.2) is 37.3 Å². The van der Waals surface area contributed by atoms with Crippen LogP contribution in [-0.4, -0.2) is 63.7 Å². The van der Waals surface area contributed by atoms with Gasteiger partial charge in [-0.1, -0.05) is 17.7 Å². The minimum atomic E-state index is -2.96. The lowest BCUT2D eigenvalue weighted by Gasteiger charge is -2.40. The van der Waals surface area contributed by atoms with Gasteiger partial charge in [0, 0.05) is 18.7 Å². The van der Waals surface area contributed by atoms with Gasteiger partial charge in [0.2, 0.25) is 5.88 Å². The summed E-state index contributed by atoms with van der Waals surface area (Å²) in [6, 6.07) is 5.24. The van der Waals surface area contributed by atoms with E-state index < -0.39 is 49.4 Å². The van der Waals surface area contributed by atoms with Crippen LogP contribution in [-0.2, 0) is 4.79 Å². The summed E-state index contributed by atoms with van der Waals surface area (Å²) < 4.78 is 60.0. The maximum atomic E-state index is 13.6. The summed E-state index contributed by atoms with van der Waals surface area (Å²) >= 11 is 7.30. The van der Waals surface area contributed by atoms with E-state index >= 15 is 0 Å². The standard InChI is InChI=1S/C22H18ClF4N5O3S/c23-11-4-14(31-9-22(26,27)10-31)20(28-7-11)35-12-5-15(21(33)34)32(8-12)17-6-13(16-2-1-3-36-16)29-19(30-17)18(24)25/h1-4,6-7,12,15,18H,5,8-10H2,(H,33,34)/t12-,15-/m0/s1. The molecule has 14 heteroatoms. The number of aromatic nitrogens is 3. The average molecular weight is 544 g/mol. The van der Waals surface area contributed by atoms with Crippen molar-refractivity contribution in [3.05, 3.63) is 46.7 Å². The van der Waals surface area contributed by atoms with E-state index in [-0.39, 0.29) is 41.1 Å². The maximum Gasteiger partial charge on any atom is 0.326 e. The van der Waals surface area contributed by atoms with Crippen molar-refractivity contribution < 1.29 is 32.2 Å². The number of ether oxygens (including phenoxy) is 1. The van der Waals surface area contributed by atoms with Gasteiger partial charge in [-0.2, -0.15) is 0 Å². The lowest BCUT2D eigenvalue weighted by atomic mass is 10.1. The van der Waals surface area contributed by atoms with Crippen molar-refractivity contribution in [3.63, 3.8) is 0 Å². The van der Waals surface area contributed by atoms with Crippen molar-refractivity contribution in [2.45, 2.75) is 30.9 Å². The van der Waals surface area contributed by atoms with Crippen LogP contribution in [0.1, 0.15) is 18.7 Å². The number of halogens is 5. The predicted octanol–water partition coefficient (Wildman–Crippen LogP) is 4.76. The molecule has 5 heterocycles. The average Bonchev–Trinajstić information content (AvgIpc) is 3.49. The number of nitrogens with zero attached hydrogens (tertiary/aromatic N) is 5. The van der Waals surface area contributed by atoms with Crippen LogP contribution in [0, 0.1) is 0 Å². The highest BCUT2D eigenvalue weighted by Gasteiger charge is 2.46. The Morgan fingerprint density at radius 3 is 2.69 bits per heavy atom. The second-order valence-electron chi connectivity index (χ2n) is 8.42. The van der Waals surface area contributed by atoms with Crippen LogP contribution in [0.4, 0.5) is 29.1 Å². The molecule has 5 rings (SSSR count). The highest BCUT2D eigenvalue weighted by Crippen LogP contribution is 2.39. The van der Waals surface area contributed by atoms with Crippen LogP contribution in [0.5, 0.6) is 5.88 Å². The van der Waals surface area contributed by atoms with Crippen LogP contribution >= 0.6 is 22.9 Å². The second kappa shape index (κ2) is 9.36. The Morgan fingerprint density at radius 1 is 1.28 bits per heavy atom. The topological polar surface area (TPSA) is 91.7 Å². The van der Waals surface area contributed by atoms with Crippen LogP contribution in [0.15, 0.2) is 35.8 Å². The van der Waals surface area contributed by atoms with E-state index in [9.17, 15) is 27.5 Å². The first-order valence-electron chi connectivity index (χ1n) is 10.7. The first-order chi connectivity index (χ1) is 17.1. The summed E-state index contributed by atoms with van der Waals surface area (Å²) in [5.41, 5.74) is 0.514. The zero-order valence-electron chi connectivity index (χ0n) is 18.3.